The van der Waals surface area contributed by atoms with Crippen molar-refractivity contribution in [3.05, 3.63) is 159 Å². The third-order valence-corrected chi connectivity index (χ3v) is 8.16. The molecule has 2 aliphatic rings. The van der Waals surface area contributed by atoms with Gasteiger partial charge in [0.1, 0.15) is 11.3 Å². The van der Waals surface area contributed by atoms with Gasteiger partial charge >= 0.3 is 0 Å². The van der Waals surface area contributed by atoms with Gasteiger partial charge in [0.15, 0.2) is 0 Å². The van der Waals surface area contributed by atoms with Gasteiger partial charge in [-0.1, -0.05) is 83.9 Å². The first-order chi connectivity index (χ1) is 22.4. The van der Waals surface area contributed by atoms with Crippen LogP contribution in [0.3, 0.4) is 0 Å². The number of hydrogen-bond acceptors (Lipinski definition) is 5. The second-order valence-electron chi connectivity index (χ2n) is 10.6. The number of aryl methyl sites for hydroxylation is 1. The summed E-state index contributed by atoms with van der Waals surface area (Å²) in [7, 11) is 1.51. The number of aromatic nitrogens is 2. The van der Waals surface area contributed by atoms with Crippen molar-refractivity contribution < 1.29 is 14.3 Å². The van der Waals surface area contributed by atoms with Crippen molar-refractivity contribution in [2.45, 2.75) is 6.92 Å². The monoisotopic (exact) mass is 644 g/mol. The smallest absolute Gasteiger partial charge is 0.285 e. The molecule has 0 fully saturated rings. The molecule has 46 heavy (non-hydrogen) atoms. The van der Waals surface area contributed by atoms with Gasteiger partial charge in [-0.15, -0.1) is 5.10 Å². The lowest BCUT2D eigenvalue weighted by Crippen LogP contribution is -2.22. The van der Waals surface area contributed by atoms with E-state index in [1.165, 1.54) is 12.1 Å². The van der Waals surface area contributed by atoms with E-state index in [2.05, 4.69) is 5.10 Å². The fourth-order valence-electron chi connectivity index (χ4n) is 5.48. The van der Waals surface area contributed by atoms with Crippen LogP contribution in [0, 0.1) is 6.92 Å². The van der Waals surface area contributed by atoms with E-state index in [1.807, 2.05) is 104 Å². The van der Waals surface area contributed by atoms with Crippen LogP contribution in [0.5, 0.6) is 5.88 Å². The molecular weight excluding hydrogens is 619 g/mol. The van der Waals surface area contributed by atoms with Gasteiger partial charge in [-0.3, -0.25) is 4.79 Å². The van der Waals surface area contributed by atoms with Crippen molar-refractivity contribution in [2.75, 3.05) is 12.1 Å². The number of amides is 1. The van der Waals surface area contributed by atoms with Gasteiger partial charge in [-0.25, -0.2) is 0 Å². The molecule has 7 rings (SSSR count). The average molecular weight is 646 g/mol. The van der Waals surface area contributed by atoms with Crippen molar-refractivity contribution in [1.82, 2.24) is 9.78 Å². The molecule has 9 heteroatoms. The molecule has 3 heterocycles. The van der Waals surface area contributed by atoms with Gasteiger partial charge in [0, 0.05) is 21.2 Å². The molecule has 7 nitrogen and oxygen atoms in total. The Bertz CT molecular complexity index is 2080. The van der Waals surface area contributed by atoms with Gasteiger partial charge in [0.25, 0.3) is 5.91 Å². The molecule has 0 saturated heterocycles. The number of benzene rings is 4. The molecule has 1 aromatic heterocycles. The van der Waals surface area contributed by atoms with Crippen molar-refractivity contribution in [3.63, 3.8) is 0 Å². The number of methoxy groups -OCH3 is 1. The van der Waals surface area contributed by atoms with E-state index in [4.69, 9.17) is 37.8 Å². The second-order valence-corrected chi connectivity index (χ2v) is 11.5. The maximum atomic E-state index is 14.2. The Morgan fingerprint density at radius 2 is 1.43 bits per heavy atom. The van der Waals surface area contributed by atoms with Crippen LogP contribution < -0.4 is 9.75 Å². The molecule has 0 aliphatic carbocycles. The van der Waals surface area contributed by atoms with Crippen LogP contribution in [0.2, 0.25) is 10.0 Å². The summed E-state index contributed by atoms with van der Waals surface area (Å²) in [4.78, 5) is 14.2. The molecule has 2 aliphatic heterocycles. The predicted octanol–water partition coefficient (Wildman–Crippen LogP) is 8.76. The number of rotatable bonds is 5. The van der Waals surface area contributed by atoms with Crippen molar-refractivity contribution in [3.8, 4) is 11.6 Å². The van der Waals surface area contributed by atoms with Gasteiger partial charge in [0.05, 0.1) is 29.7 Å². The Labute approximate surface area is 275 Å². The summed E-state index contributed by atoms with van der Waals surface area (Å²) in [6, 6.07) is 33.9. The van der Waals surface area contributed by atoms with Gasteiger partial charge < -0.3 is 9.47 Å². The summed E-state index contributed by atoms with van der Waals surface area (Å²) < 4.78 is 14.1. The Balaban J connectivity index is 1.47. The molecule has 0 bridgehead atoms. The highest BCUT2D eigenvalue weighted by molar-refractivity contribution is 6.33. The fourth-order valence-corrected chi connectivity index (χ4v) is 5.73. The van der Waals surface area contributed by atoms with E-state index in [9.17, 15) is 4.79 Å². The number of fused-ring (bicyclic) bond motifs is 1. The Kier molecular flexibility index (Phi) is 7.78. The molecule has 0 radical (unpaired) electrons. The second kappa shape index (κ2) is 12.2. The molecule has 0 saturated carbocycles. The van der Waals surface area contributed by atoms with Crippen molar-refractivity contribution >= 4 is 57.6 Å². The van der Waals surface area contributed by atoms with E-state index in [1.54, 1.807) is 28.9 Å². The van der Waals surface area contributed by atoms with Crippen molar-refractivity contribution in [2.24, 2.45) is 5.10 Å². The van der Waals surface area contributed by atoms with E-state index in [0.29, 0.717) is 38.5 Å². The normalized spacial score (nSPS) is 16.1. The summed E-state index contributed by atoms with van der Waals surface area (Å²) in [6.45, 7) is 1.93. The van der Waals surface area contributed by atoms with Crippen LogP contribution in [-0.2, 0) is 9.53 Å². The summed E-state index contributed by atoms with van der Waals surface area (Å²) >= 11 is 12.3. The summed E-state index contributed by atoms with van der Waals surface area (Å²) in [5, 5.41) is 12.0. The van der Waals surface area contributed by atoms with Crippen LogP contribution in [-0.4, -0.2) is 28.7 Å². The number of ether oxygens (including phenoxy) is 2. The zero-order valence-electron chi connectivity index (χ0n) is 24.8. The summed E-state index contributed by atoms with van der Waals surface area (Å²) in [5.41, 5.74) is 6.36. The van der Waals surface area contributed by atoms with Gasteiger partial charge in [-0.2, -0.15) is 14.8 Å². The molecule has 0 atom stereocenters. The van der Waals surface area contributed by atoms with Gasteiger partial charge in [-0.05, 0) is 78.7 Å². The zero-order valence-corrected chi connectivity index (χ0v) is 26.3. The lowest BCUT2D eigenvalue weighted by Gasteiger charge is -2.20. The number of carbonyl (C=O) groups excluding carboxylic acids is 1. The SMILES string of the molecule is COC1=NN(c2ccc(Cl)cc2)C(=O)/C1=C(\C=C1/C=C(c2ccccc2)Oc2c1c(C)nn2-c1ccc(Cl)cc1)c1ccccc1. The largest absolute Gasteiger partial charge is 0.479 e. The minimum atomic E-state index is -0.331. The van der Waals surface area contributed by atoms with Crippen LogP contribution in [0.1, 0.15) is 22.4 Å². The predicted molar refractivity (Wildman–Crippen MR) is 183 cm³/mol. The van der Waals surface area contributed by atoms with Crippen LogP contribution in [0.25, 0.3) is 22.6 Å². The van der Waals surface area contributed by atoms with Gasteiger partial charge in [0.2, 0.25) is 11.8 Å². The third kappa shape index (κ3) is 5.40. The fraction of sp³-hybridized carbons (Fsp3) is 0.0541. The van der Waals surface area contributed by atoms with E-state index in [0.717, 1.165) is 33.6 Å². The summed E-state index contributed by atoms with van der Waals surface area (Å²) in [5.74, 6) is 1.05. The number of carbonyl (C=O) groups is 1. The standard InChI is InChI=1S/C37H26Cl2N4O3/c1-23-33-26(22-32(25-11-7-4-8-12-25)46-37(33)43(40-23)30-19-15-28(39)16-20-30)21-31(24-9-5-3-6-10-24)34-35(45-2)41-42(36(34)44)29-17-13-27(38)14-18-29/h3-22H,1-2H3/b26-21+,34-31+. The quantitative estimate of drug-likeness (QED) is 0.179. The first-order valence-corrected chi connectivity index (χ1v) is 15.2. The molecule has 226 valence electrons. The Hall–Kier alpha value is -5.37. The maximum absolute atomic E-state index is 14.2. The third-order valence-electron chi connectivity index (χ3n) is 7.66. The van der Waals surface area contributed by atoms with Crippen LogP contribution >= 0.6 is 23.2 Å². The molecule has 0 N–H and O–H groups in total. The molecule has 4 aromatic carbocycles. The molecule has 1 amide bonds. The molecule has 0 spiro atoms. The maximum Gasteiger partial charge on any atom is 0.285 e. The molecule has 0 unspecified atom stereocenters. The van der Waals surface area contributed by atoms with Crippen LogP contribution in [0.4, 0.5) is 5.69 Å². The van der Waals surface area contributed by atoms with Crippen molar-refractivity contribution in [1.29, 1.82) is 0 Å². The number of anilines is 1. The average Bonchev–Trinajstić information content (AvgIpc) is 3.61. The molecular formula is C37H26Cl2N4O3. The highest BCUT2D eigenvalue weighted by atomic mass is 35.5. The van der Waals surface area contributed by atoms with Crippen LogP contribution in [0.15, 0.2) is 132 Å². The molecule has 5 aromatic rings. The minimum Gasteiger partial charge on any atom is -0.479 e. The number of hydrogen-bond donors (Lipinski definition) is 0. The first kappa shape index (κ1) is 29.3. The summed E-state index contributed by atoms with van der Waals surface area (Å²) in [6.07, 6.45) is 3.95. The number of allylic oxidation sites excluding steroid dienone is 4. The lowest BCUT2D eigenvalue weighted by molar-refractivity contribution is -0.114. The minimum absolute atomic E-state index is 0.198. The van der Waals surface area contributed by atoms with E-state index >= 15 is 0 Å². The first-order valence-electron chi connectivity index (χ1n) is 14.5. The highest BCUT2D eigenvalue weighted by Gasteiger charge is 2.36. The highest BCUT2D eigenvalue weighted by Crippen LogP contribution is 2.42. The number of hydrazone groups is 1. The Morgan fingerprint density at radius 1 is 0.826 bits per heavy atom. The van der Waals surface area contributed by atoms with E-state index in [-0.39, 0.29) is 11.8 Å². The lowest BCUT2D eigenvalue weighted by atomic mass is 9.93. The van der Waals surface area contributed by atoms with E-state index < -0.39 is 0 Å². The topological polar surface area (TPSA) is 68.9 Å². The number of nitrogens with zero attached hydrogens (tertiary/aromatic N) is 4. The zero-order chi connectivity index (χ0) is 31.8. The number of halogens is 2. The Morgan fingerprint density at radius 3 is 2.07 bits per heavy atom.